The van der Waals surface area contributed by atoms with Crippen LogP contribution in [-0.2, 0) is 70.2 Å². The highest BCUT2D eigenvalue weighted by Crippen LogP contribution is 2.42. The van der Waals surface area contributed by atoms with Gasteiger partial charge in [-0.25, -0.2) is 4.79 Å². The molecular weight excluding hydrogens is 1000 g/mol. The molecular formula is C56H89N3O18. The molecule has 0 amide bonds. The molecule has 0 radical (unpaired) electrons. The standard InChI is InChI=1S/C56H89N3O18/c1-16-41-56(11,68)48(64)32(5)44(61)30(3)26-54(9,69-14)49(77-53-46(63)40(58(12)13)24-31(4)72-53)33(6)47(34(7)52(67)74-41)76-43-27-55(10,70-15)50(35(8)73-43)75-42(60)20-21-57-22-23-71-29-36-18-19-39-37(25-36)45(62)38(51(65)66)28-59(39)17-2/h18-19,25,28,30-35,40-41,43,46-50,53,57,63-64,68H,16-17,20-24,26-27,29H2,1-15H3,(H,65,66)/t30-,31-,32+,33+,34-,35+,40+,41-,43?,46-,47+,48-,49-,50+,53?,54-,55-,56-/m1/s1. The maximum atomic E-state index is 14.6. The molecule has 5 rings (SSSR count). The molecule has 21 heteroatoms. The van der Waals surface area contributed by atoms with Crippen molar-refractivity contribution in [2.75, 3.05) is 48.0 Å². The number of hydrogen-bond acceptors (Lipinski definition) is 19. The molecule has 21 nitrogen and oxygen atoms in total. The van der Waals surface area contributed by atoms with Gasteiger partial charge in [0, 0.05) is 75.7 Å². The summed E-state index contributed by atoms with van der Waals surface area (Å²) in [5.74, 6) is -6.66. The zero-order chi connectivity index (χ0) is 57.5. The fourth-order valence-corrected chi connectivity index (χ4v) is 11.6. The van der Waals surface area contributed by atoms with E-state index < -0.39 is 119 Å². The van der Waals surface area contributed by atoms with Crippen LogP contribution in [0.1, 0.15) is 124 Å². The Morgan fingerprint density at radius 1 is 0.896 bits per heavy atom. The highest BCUT2D eigenvalue weighted by atomic mass is 16.7. The van der Waals surface area contributed by atoms with Crippen molar-refractivity contribution < 1.29 is 82.2 Å². The Labute approximate surface area is 453 Å². The number of nitrogens with zero attached hydrogens (tertiary/aromatic N) is 2. The second-order valence-corrected chi connectivity index (χ2v) is 22.5. The number of carbonyl (C=O) groups excluding carboxylic acids is 3. The first-order valence-corrected chi connectivity index (χ1v) is 27.2. The van der Waals surface area contributed by atoms with E-state index in [4.69, 9.17) is 42.6 Å². The number of pyridine rings is 1. The van der Waals surface area contributed by atoms with Crippen LogP contribution >= 0.6 is 0 Å². The van der Waals surface area contributed by atoms with E-state index in [0.717, 1.165) is 0 Å². The number of benzene rings is 1. The molecule has 0 saturated carbocycles. The number of likely N-dealkylation sites (N-methyl/N-ethyl adjacent to an activating group) is 1. The van der Waals surface area contributed by atoms with Gasteiger partial charge in [0.15, 0.2) is 18.7 Å². The molecule has 1 aromatic heterocycles. The van der Waals surface area contributed by atoms with Crippen molar-refractivity contribution in [3.8, 4) is 0 Å². The van der Waals surface area contributed by atoms with Crippen LogP contribution in [0.4, 0.5) is 0 Å². The molecule has 3 aliphatic heterocycles. The van der Waals surface area contributed by atoms with Crippen LogP contribution in [0.5, 0.6) is 0 Å². The molecule has 0 bridgehead atoms. The molecule has 3 fully saturated rings. The smallest absolute Gasteiger partial charge is 0.341 e. The van der Waals surface area contributed by atoms with E-state index in [2.05, 4.69) is 5.32 Å². The minimum absolute atomic E-state index is 0.00136. The van der Waals surface area contributed by atoms with E-state index in [0.29, 0.717) is 36.0 Å². The van der Waals surface area contributed by atoms with E-state index in [1.165, 1.54) is 34.3 Å². The number of aliphatic hydroxyl groups is 3. The van der Waals surface area contributed by atoms with Crippen LogP contribution in [-0.4, -0.2) is 186 Å². The van der Waals surface area contributed by atoms with Gasteiger partial charge in [-0.15, -0.1) is 0 Å². The number of esters is 2. The van der Waals surface area contributed by atoms with Gasteiger partial charge in [0.1, 0.15) is 34.8 Å². The number of methoxy groups -OCH3 is 2. The summed E-state index contributed by atoms with van der Waals surface area (Å²) >= 11 is 0. The molecule has 2 unspecified atom stereocenters. The average molecular weight is 1090 g/mol. The number of cyclic esters (lactones) is 1. The zero-order valence-electron chi connectivity index (χ0n) is 47.9. The third-order valence-corrected chi connectivity index (χ3v) is 16.4. The largest absolute Gasteiger partial charge is 0.477 e. The molecule has 1 aromatic carbocycles. The molecule has 2 aromatic rings. The highest BCUT2D eigenvalue weighted by molar-refractivity contribution is 5.92. The van der Waals surface area contributed by atoms with Crippen molar-refractivity contribution in [1.82, 2.24) is 14.8 Å². The Hall–Kier alpha value is -3.97. The van der Waals surface area contributed by atoms with Crippen LogP contribution in [0.25, 0.3) is 10.9 Å². The Morgan fingerprint density at radius 2 is 1.56 bits per heavy atom. The number of aromatic carboxylic acids is 1. The lowest BCUT2D eigenvalue weighted by molar-refractivity contribution is -0.320. The van der Waals surface area contributed by atoms with Gasteiger partial charge in [0.2, 0.25) is 5.43 Å². The lowest BCUT2D eigenvalue weighted by Crippen LogP contribution is -2.61. The molecule has 4 heterocycles. The number of fused-ring (bicyclic) bond motifs is 1. The van der Waals surface area contributed by atoms with E-state index >= 15 is 0 Å². The SMILES string of the molecule is CC[C@H]1OC(=O)[C@H](C)[C@@H](OC2C[C@@](C)(OC)[C@@H](OC(=O)CCNCCOCc3ccc4c(c3)c(=O)c(C(=O)O)cn4CC)[C@H](C)O2)[C@H](C)[C@@H](OC2O[C@H](C)C[C@H](N(C)C)[C@H]2O)[C@](C)(OC)C[C@@H](C)C(=O)[C@H](C)[C@@H](O)[C@]1(C)O. The van der Waals surface area contributed by atoms with Gasteiger partial charge in [0.05, 0.1) is 67.2 Å². The zero-order valence-corrected chi connectivity index (χ0v) is 47.9. The van der Waals surface area contributed by atoms with Crippen molar-refractivity contribution in [3.05, 3.63) is 45.7 Å². The normalized spacial score (nSPS) is 36.8. The van der Waals surface area contributed by atoms with Crippen molar-refractivity contribution in [2.24, 2.45) is 23.7 Å². The molecule has 0 aliphatic carbocycles. The number of carboxylic acid groups (broad SMARTS) is 1. The van der Waals surface area contributed by atoms with Gasteiger partial charge in [-0.3, -0.25) is 19.2 Å². The van der Waals surface area contributed by atoms with E-state index in [1.807, 2.05) is 45.8 Å². The van der Waals surface area contributed by atoms with Crippen molar-refractivity contribution in [2.45, 2.75) is 206 Å². The molecule has 0 spiro atoms. The van der Waals surface area contributed by atoms with Crippen LogP contribution in [0.3, 0.4) is 0 Å². The summed E-state index contributed by atoms with van der Waals surface area (Å²) in [4.78, 5) is 68.7. The summed E-state index contributed by atoms with van der Waals surface area (Å²) < 4.78 is 58.8. The van der Waals surface area contributed by atoms with Crippen LogP contribution in [0, 0.1) is 23.7 Å². The number of Topliss-reactive ketones (excluding diaryl/α,β-unsaturated/α-hetero) is 1. The fraction of sp³-hybridized carbons (Fsp3) is 0.768. The number of ketones is 1. The predicted octanol–water partition coefficient (Wildman–Crippen LogP) is 4.22. The highest BCUT2D eigenvalue weighted by Gasteiger charge is 2.55. The first-order valence-electron chi connectivity index (χ1n) is 27.2. The van der Waals surface area contributed by atoms with E-state index in [-0.39, 0.29) is 68.9 Å². The Balaban J connectivity index is 1.33. The Kier molecular flexibility index (Phi) is 22.4. The summed E-state index contributed by atoms with van der Waals surface area (Å²) in [6.45, 7) is 20.4. The number of hydrogen-bond donors (Lipinski definition) is 5. The number of aliphatic hydroxyl groups excluding tert-OH is 2. The van der Waals surface area contributed by atoms with Gasteiger partial charge >= 0.3 is 17.9 Å². The van der Waals surface area contributed by atoms with Crippen molar-refractivity contribution in [1.29, 1.82) is 0 Å². The Bertz CT molecular complexity index is 2380. The summed E-state index contributed by atoms with van der Waals surface area (Å²) in [7, 11) is 6.71. The maximum absolute atomic E-state index is 14.6. The topological polar surface area (TPSA) is 270 Å². The first-order chi connectivity index (χ1) is 36.1. The van der Waals surface area contributed by atoms with Crippen LogP contribution < -0.4 is 10.7 Å². The van der Waals surface area contributed by atoms with Gasteiger partial charge < -0.3 is 77.8 Å². The summed E-state index contributed by atoms with van der Waals surface area (Å²) in [5.41, 5.74) is -4.05. The number of rotatable bonds is 19. The van der Waals surface area contributed by atoms with Crippen LogP contribution in [0.2, 0.25) is 0 Å². The molecule has 5 N–H and O–H groups in total. The number of nitrogens with one attached hydrogen (secondary N) is 1. The van der Waals surface area contributed by atoms with Crippen molar-refractivity contribution in [3.63, 3.8) is 0 Å². The predicted molar refractivity (Wildman–Crippen MR) is 283 cm³/mol. The maximum Gasteiger partial charge on any atom is 0.341 e. The molecule has 3 saturated heterocycles. The quantitative estimate of drug-likeness (QED) is 0.0973. The van der Waals surface area contributed by atoms with E-state index in [9.17, 15) is 44.4 Å². The van der Waals surface area contributed by atoms with Gasteiger partial charge in [-0.1, -0.05) is 33.8 Å². The van der Waals surface area contributed by atoms with Gasteiger partial charge in [-0.2, -0.15) is 0 Å². The lowest BCUT2D eigenvalue weighted by atomic mass is 9.74. The number of aryl methyl sites for hydroxylation is 1. The molecule has 18 atom stereocenters. The van der Waals surface area contributed by atoms with Crippen LogP contribution in [0.15, 0.2) is 29.2 Å². The number of carboxylic acids is 1. The Morgan fingerprint density at radius 3 is 2.17 bits per heavy atom. The lowest BCUT2D eigenvalue weighted by Gasteiger charge is -2.50. The number of ether oxygens (including phenoxy) is 9. The minimum atomic E-state index is -2.03. The third kappa shape index (κ3) is 14.7. The van der Waals surface area contributed by atoms with Crippen molar-refractivity contribution >= 4 is 34.6 Å². The third-order valence-electron chi connectivity index (χ3n) is 16.4. The summed E-state index contributed by atoms with van der Waals surface area (Å²) in [5, 5.41) is 48.3. The average Bonchev–Trinajstić information content (AvgIpc) is 3.38. The van der Waals surface area contributed by atoms with E-state index in [1.54, 1.807) is 58.2 Å². The van der Waals surface area contributed by atoms with Gasteiger partial charge in [-0.05, 0) is 99.5 Å². The molecule has 3 aliphatic rings. The first kappa shape index (κ1) is 63.9. The second-order valence-electron chi connectivity index (χ2n) is 22.5. The number of aromatic nitrogens is 1. The summed E-state index contributed by atoms with van der Waals surface area (Å²) in [6, 6.07) is 4.91. The summed E-state index contributed by atoms with van der Waals surface area (Å²) in [6.07, 6.45) is -8.30. The number of carbonyl (C=O) groups is 4. The second kappa shape index (κ2) is 27.0. The monoisotopic (exact) mass is 1090 g/mol. The molecule has 77 heavy (non-hydrogen) atoms. The fourth-order valence-electron chi connectivity index (χ4n) is 11.6. The van der Waals surface area contributed by atoms with Gasteiger partial charge in [0.25, 0.3) is 0 Å². The minimum Gasteiger partial charge on any atom is -0.477 e. The molecule has 436 valence electrons.